The summed E-state index contributed by atoms with van der Waals surface area (Å²) in [5.41, 5.74) is 6.24. The lowest BCUT2D eigenvalue weighted by atomic mass is 9.96. The lowest BCUT2D eigenvalue weighted by Crippen LogP contribution is -2.51. The summed E-state index contributed by atoms with van der Waals surface area (Å²) in [6.07, 6.45) is 1.05. The molecule has 0 saturated carbocycles. The molecule has 0 radical (unpaired) electrons. The van der Waals surface area contributed by atoms with Gasteiger partial charge in [0.2, 0.25) is 11.8 Å². The van der Waals surface area contributed by atoms with E-state index in [0.29, 0.717) is 6.42 Å². The average Bonchev–Trinajstić information content (AvgIpc) is 2.66. The molecule has 0 spiro atoms. The zero-order valence-electron chi connectivity index (χ0n) is 16.5. The molecule has 0 saturated heterocycles. The van der Waals surface area contributed by atoms with Crippen LogP contribution in [0.3, 0.4) is 0 Å². The number of rotatable bonds is 12. The summed E-state index contributed by atoms with van der Waals surface area (Å²) in [5, 5.41) is 14.9. The van der Waals surface area contributed by atoms with Crippen LogP contribution in [0.15, 0.2) is 30.3 Å². The zero-order chi connectivity index (χ0) is 20.2. The fraction of sp³-hybridized carbons (Fsp3) is 0.550. The molecule has 1 rings (SSSR count). The van der Waals surface area contributed by atoms with Crippen molar-refractivity contribution in [1.82, 2.24) is 10.6 Å². The Kier molecular flexibility index (Phi) is 13.1. The minimum absolute atomic E-state index is 0. The van der Waals surface area contributed by atoms with Crippen LogP contribution in [0.2, 0.25) is 0 Å². The topological polar surface area (TPSA) is 122 Å². The molecule has 7 nitrogen and oxygen atoms in total. The lowest BCUT2D eigenvalue weighted by molar-refractivity contribution is -0.131. The summed E-state index contributed by atoms with van der Waals surface area (Å²) in [7, 11) is 0. The summed E-state index contributed by atoms with van der Waals surface area (Å²) in [5.74, 6) is -1.54. The summed E-state index contributed by atoms with van der Waals surface area (Å²) in [4.78, 5) is 36.7. The second-order valence-electron chi connectivity index (χ2n) is 6.72. The molecule has 0 aliphatic rings. The number of halogens is 1. The summed E-state index contributed by atoms with van der Waals surface area (Å²) in [6, 6.07) is 8.55. The van der Waals surface area contributed by atoms with Gasteiger partial charge in [-0.1, -0.05) is 50.6 Å². The van der Waals surface area contributed by atoms with Gasteiger partial charge in [-0.25, -0.2) is 0 Å². The first-order valence-electron chi connectivity index (χ1n) is 9.37. The van der Waals surface area contributed by atoms with Gasteiger partial charge in [-0.2, -0.15) is 0 Å². The molecule has 1 aromatic rings. The third-order valence-electron chi connectivity index (χ3n) is 4.60. The molecule has 0 aromatic heterocycles. The smallest absolute Gasteiger partial charge is 0.242 e. The highest BCUT2D eigenvalue weighted by atomic mass is 35.5. The quantitative estimate of drug-likeness (QED) is 0.404. The van der Waals surface area contributed by atoms with Crippen molar-refractivity contribution >= 4 is 30.0 Å². The molecule has 0 fully saturated rings. The normalized spacial score (nSPS) is 13.6. The number of benzene rings is 1. The third-order valence-corrected chi connectivity index (χ3v) is 4.60. The van der Waals surface area contributed by atoms with Crippen LogP contribution in [0.5, 0.6) is 0 Å². The van der Waals surface area contributed by atoms with Crippen LogP contribution >= 0.6 is 12.4 Å². The minimum Gasteiger partial charge on any atom is -0.396 e. The van der Waals surface area contributed by atoms with Gasteiger partial charge >= 0.3 is 0 Å². The van der Waals surface area contributed by atoms with E-state index < -0.39 is 12.0 Å². The maximum absolute atomic E-state index is 12.5. The highest BCUT2D eigenvalue weighted by Gasteiger charge is 2.27. The second-order valence-corrected chi connectivity index (χ2v) is 6.72. The van der Waals surface area contributed by atoms with Crippen molar-refractivity contribution in [2.75, 3.05) is 19.7 Å². The fourth-order valence-electron chi connectivity index (χ4n) is 2.63. The largest absolute Gasteiger partial charge is 0.396 e. The number of hydrogen-bond acceptors (Lipinski definition) is 5. The van der Waals surface area contributed by atoms with Crippen LogP contribution in [0, 0.1) is 11.8 Å². The highest BCUT2D eigenvalue weighted by molar-refractivity contribution is 5.89. The van der Waals surface area contributed by atoms with Gasteiger partial charge in [0.15, 0.2) is 0 Å². The Hall–Kier alpha value is -1.96. The number of ketones is 1. The number of carbonyl (C=O) groups is 3. The molecule has 28 heavy (non-hydrogen) atoms. The molecule has 8 heteroatoms. The van der Waals surface area contributed by atoms with E-state index in [1.54, 1.807) is 0 Å². The van der Waals surface area contributed by atoms with E-state index in [2.05, 4.69) is 10.6 Å². The van der Waals surface area contributed by atoms with Crippen LogP contribution in [0.1, 0.15) is 32.3 Å². The van der Waals surface area contributed by atoms with Crippen molar-refractivity contribution in [2.24, 2.45) is 17.6 Å². The molecule has 0 bridgehead atoms. The van der Waals surface area contributed by atoms with Gasteiger partial charge in [-0.15, -0.1) is 12.4 Å². The fourth-order valence-corrected chi connectivity index (χ4v) is 2.63. The van der Waals surface area contributed by atoms with Gasteiger partial charge in [0.1, 0.15) is 11.8 Å². The van der Waals surface area contributed by atoms with Crippen LogP contribution in [-0.4, -0.2) is 48.4 Å². The number of hydrogen-bond donors (Lipinski definition) is 4. The Morgan fingerprint density at radius 3 is 2.36 bits per heavy atom. The number of aliphatic hydroxyl groups is 1. The first kappa shape index (κ1) is 26.0. The first-order valence-corrected chi connectivity index (χ1v) is 9.37. The van der Waals surface area contributed by atoms with Gasteiger partial charge in [0.05, 0.1) is 12.5 Å². The number of nitrogens with two attached hydrogens (primary N) is 1. The van der Waals surface area contributed by atoms with Gasteiger partial charge in [-0.3, -0.25) is 14.4 Å². The molecule has 3 atom stereocenters. The zero-order valence-corrected chi connectivity index (χ0v) is 17.3. The van der Waals surface area contributed by atoms with Crippen LogP contribution in [-0.2, 0) is 20.8 Å². The van der Waals surface area contributed by atoms with Gasteiger partial charge in [-0.05, 0) is 11.5 Å². The molecule has 158 valence electrons. The highest BCUT2D eigenvalue weighted by Crippen LogP contribution is 2.10. The van der Waals surface area contributed by atoms with Crippen LogP contribution in [0.25, 0.3) is 0 Å². The predicted molar refractivity (Wildman–Crippen MR) is 111 cm³/mol. The van der Waals surface area contributed by atoms with Gasteiger partial charge < -0.3 is 21.5 Å². The van der Waals surface area contributed by atoms with E-state index >= 15 is 0 Å². The van der Waals surface area contributed by atoms with Gasteiger partial charge in [0, 0.05) is 25.9 Å². The Balaban J connectivity index is 0.00000729. The molecule has 1 aromatic carbocycles. The number of carbonyl (C=O) groups excluding carboxylic acids is 3. The molecule has 0 aliphatic heterocycles. The van der Waals surface area contributed by atoms with E-state index in [0.717, 1.165) is 5.56 Å². The van der Waals surface area contributed by atoms with Crippen molar-refractivity contribution in [2.45, 2.75) is 39.2 Å². The Morgan fingerprint density at radius 1 is 1.18 bits per heavy atom. The van der Waals surface area contributed by atoms with E-state index in [9.17, 15) is 19.5 Å². The van der Waals surface area contributed by atoms with Crippen molar-refractivity contribution in [3.8, 4) is 0 Å². The number of amides is 2. The lowest BCUT2D eigenvalue weighted by Gasteiger charge is -2.24. The maximum atomic E-state index is 12.5. The molecule has 0 heterocycles. The van der Waals surface area contributed by atoms with Gasteiger partial charge in [0.25, 0.3) is 0 Å². The van der Waals surface area contributed by atoms with Crippen molar-refractivity contribution < 1.29 is 19.5 Å². The van der Waals surface area contributed by atoms with E-state index in [1.807, 2.05) is 44.2 Å². The van der Waals surface area contributed by atoms with Crippen molar-refractivity contribution in [1.29, 1.82) is 0 Å². The van der Waals surface area contributed by atoms with Crippen LogP contribution in [0.4, 0.5) is 0 Å². The molecule has 3 unspecified atom stereocenters. The van der Waals surface area contributed by atoms with Crippen molar-refractivity contribution in [3.05, 3.63) is 35.9 Å². The maximum Gasteiger partial charge on any atom is 0.242 e. The van der Waals surface area contributed by atoms with E-state index in [4.69, 9.17) is 5.73 Å². The Bertz CT molecular complexity index is 613. The Labute approximate surface area is 172 Å². The SMILES string of the molecule is CCC(C)C(NC(=O)CCN)C(=O)NCC(CO)C(=O)Cc1ccccc1.Cl. The molecule has 5 N–H and O–H groups in total. The molecular weight excluding hydrogens is 382 g/mol. The summed E-state index contributed by atoms with van der Waals surface area (Å²) < 4.78 is 0. The monoisotopic (exact) mass is 413 g/mol. The molecular formula is C20H32ClN3O4. The molecule has 2 amide bonds. The standard InChI is InChI=1S/C20H31N3O4.ClH/c1-3-14(2)19(23-18(26)9-10-21)20(27)22-12-16(13-24)17(25)11-15-7-5-4-6-8-15;/h4-8,14,16,19,24H,3,9-13,21H2,1-2H3,(H,22,27)(H,23,26);1H. The summed E-state index contributed by atoms with van der Waals surface area (Å²) >= 11 is 0. The third kappa shape index (κ3) is 8.82. The number of Topliss-reactive ketones (excluding diaryl/α,β-unsaturated/α-hetero) is 1. The first-order chi connectivity index (χ1) is 12.9. The van der Waals surface area contributed by atoms with E-state index in [-0.39, 0.29) is 68.5 Å². The predicted octanol–water partition coefficient (Wildman–Crippen LogP) is 0.824. The Morgan fingerprint density at radius 2 is 1.82 bits per heavy atom. The summed E-state index contributed by atoms with van der Waals surface area (Å²) in [6.45, 7) is 3.69. The minimum atomic E-state index is -0.697. The van der Waals surface area contributed by atoms with Crippen molar-refractivity contribution in [3.63, 3.8) is 0 Å². The number of nitrogens with one attached hydrogen (secondary N) is 2. The second kappa shape index (κ2) is 14.1. The van der Waals surface area contributed by atoms with E-state index in [1.165, 1.54) is 0 Å². The van der Waals surface area contributed by atoms with Crippen LogP contribution < -0.4 is 16.4 Å². The molecule has 0 aliphatic carbocycles. The number of aliphatic hydroxyl groups excluding tert-OH is 1. The average molecular weight is 414 g/mol.